The number of benzene rings is 2. The summed E-state index contributed by atoms with van der Waals surface area (Å²) < 4.78 is 13.2. The van der Waals surface area contributed by atoms with Gasteiger partial charge in [0.1, 0.15) is 5.82 Å². The van der Waals surface area contributed by atoms with Gasteiger partial charge < -0.3 is 5.32 Å². The molecule has 0 aromatic heterocycles. The average Bonchev–Trinajstić information content (AvgIpc) is 2.42. The number of halogens is 2. The van der Waals surface area contributed by atoms with Gasteiger partial charge in [-0.25, -0.2) is 4.39 Å². The Labute approximate surface area is 114 Å². The lowest BCUT2D eigenvalue weighted by molar-refractivity contribution is 0.102. The van der Waals surface area contributed by atoms with Gasteiger partial charge in [0.05, 0.1) is 22.2 Å². The Bertz CT molecular complexity index is 679. The minimum absolute atomic E-state index is 0.0454. The molecule has 0 spiro atoms. The molecule has 94 valence electrons. The van der Waals surface area contributed by atoms with E-state index < -0.39 is 11.7 Å². The second-order valence-corrected chi connectivity index (χ2v) is 4.13. The van der Waals surface area contributed by atoms with Gasteiger partial charge >= 0.3 is 0 Å². The van der Waals surface area contributed by atoms with Crippen molar-refractivity contribution in [3.8, 4) is 6.07 Å². The van der Waals surface area contributed by atoms with Gasteiger partial charge in [0.15, 0.2) is 0 Å². The fraction of sp³-hybridized carbons (Fsp3) is 0. The van der Waals surface area contributed by atoms with Gasteiger partial charge in [-0.3, -0.25) is 4.79 Å². The Balaban J connectivity index is 2.26. The molecule has 2 aromatic rings. The molecule has 0 bridgehead atoms. The van der Waals surface area contributed by atoms with Crippen molar-refractivity contribution in [2.75, 3.05) is 5.32 Å². The third-order valence-corrected chi connectivity index (χ3v) is 2.83. The van der Waals surface area contributed by atoms with Crippen molar-refractivity contribution < 1.29 is 9.18 Å². The van der Waals surface area contributed by atoms with E-state index in [4.69, 9.17) is 16.9 Å². The SMILES string of the molecule is N#Cc1cccc(NC(=O)c2cccc(F)c2Cl)c1. The third-order valence-electron chi connectivity index (χ3n) is 2.45. The van der Waals surface area contributed by atoms with Gasteiger partial charge in [-0.05, 0) is 30.3 Å². The molecule has 0 unspecified atom stereocenters. The maximum absolute atomic E-state index is 13.2. The van der Waals surface area contributed by atoms with Crippen LogP contribution in [0.4, 0.5) is 10.1 Å². The normalized spacial score (nSPS) is 9.74. The molecule has 0 aliphatic heterocycles. The number of carbonyl (C=O) groups is 1. The average molecular weight is 275 g/mol. The zero-order valence-electron chi connectivity index (χ0n) is 9.65. The summed E-state index contributed by atoms with van der Waals surface area (Å²) in [5.41, 5.74) is 0.913. The molecule has 1 N–H and O–H groups in total. The summed E-state index contributed by atoms with van der Waals surface area (Å²) in [6.07, 6.45) is 0. The van der Waals surface area contributed by atoms with Crippen molar-refractivity contribution >= 4 is 23.2 Å². The van der Waals surface area contributed by atoms with Crippen LogP contribution >= 0.6 is 11.6 Å². The molecule has 0 atom stereocenters. The first-order chi connectivity index (χ1) is 9.11. The molecule has 0 fully saturated rings. The van der Waals surface area contributed by atoms with E-state index in [2.05, 4.69) is 5.32 Å². The van der Waals surface area contributed by atoms with Crippen molar-refractivity contribution in [1.29, 1.82) is 5.26 Å². The Hall–Kier alpha value is -2.38. The third kappa shape index (κ3) is 2.90. The number of nitrogens with one attached hydrogen (secondary N) is 1. The lowest BCUT2D eigenvalue weighted by atomic mass is 10.2. The maximum Gasteiger partial charge on any atom is 0.257 e. The molecule has 1 amide bonds. The summed E-state index contributed by atoms with van der Waals surface area (Å²) in [7, 11) is 0. The monoisotopic (exact) mass is 274 g/mol. The highest BCUT2D eigenvalue weighted by atomic mass is 35.5. The molecule has 0 heterocycles. The Morgan fingerprint density at radius 3 is 2.74 bits per heavy atom. The van der Waals surface area contributed by atoms with Gasteiger partial charge in [-0.1, -0.05) is 23.7 Å². The van der Waals surface area contributed by atoms with E-state index >= 15 is 0 Å². The smallest absolute Gasteiger partial charge is 0.257 e. The standard InChI is InChI=1S/C14H8ClFN2O/c15-13-11(5-2-6-12(13)16)14(19)18-10-4-1-3-9(7-10)8-17/h1-7H,(H,18,19). The number of hydrogen-bond acceptors (Lipinski definition) is 2. The van der Waals surface area contributed by atoms with Crippen molar-refractivity contribution in [2.24, 2.45) is 0 Å². The number of amides is 1. The highest BCUT2D eigenvalue weighted by Crippen LogP contribution is 2.21. The summed E-state index contributed by atoms with van der Waals surface area (Å²) in [6, 6.07) is 12.4. The molecule has 2 rings (SSSR count). The van der Waals surface area contributed by atoms with E-state index in [-0.39, 0.29) is 10.6 Å². The molecule has 2 aromatic carbocycles. The Morgan fingerprint density at radius 1 is 1.26 bits per heavy atom. The first kappa shape index (κ1) is 13.1. The van der Waals surface area contributed by atoms with E-state index in [1.54, 1.807) is 18.2 Å². The molecular weight excluding hydrogens is 267 g/mol. The van der Waals surface area contributed by atoms with Crippen LogP contribution in [0.5, 0.6) is 0 Å². The lowest BCUT2D eigenvalue weighted by Crippen LogP contribution is -2.13. The second kappa shape index (κ2) is 5.51. The van der Waals surface area contributed by atoms with Crippen LogP contribution in [-0.2, 0) is 0 Å². The summed E-state index contributed by atoms with van der Waals surface area (Å²) in [5, 5.41) is 11.1. The molecule has 0 saturated heterocycles. The minimum Gasteiger partial charge on any atom is -0.322 e. The molecule has 0 radical (unpaired) electrons. The highest BCUT2D eigenvalue weighted by Gasteiger charge is 2.13. The predicted octanol–water partition coefficient (Wildman–Crippen LogP) is 3.60. The molecule has 0 saturated carbocycles. The second-order valence-electron chi connectivity index (χ2n) is 3.75. The fourth-order valence-electron chi connectivity index (χ4n) is 1.54. The molecule has 5 heteroatoms. The summed E-state index contributed by atoms with van der Waals surface area (Å²) >= 11 is 5.72. The summed E-state index contributed by atoms with van der Waals surface area (Å²) in [6.45, 7) is 0. The van der Waals surface area contributed by atoms with Crippen molar-refractivity contribution in [2.45, 2.75) is 0 Å². The van der Waals surface area contributed by atoms with E-state index in [1.165, 1.54) is 24.3 Å². The topological polar surface area (TPSA) is 52.9 Å². The molecular formula is C14H8ClFN2O. The van der Waals surface area contributed by atoms with Gasteiger partial charge in [-0.2, -0.15) is 5.26 Å². The zero-order chi connectivity index (χ0) is 13.8. The molecule has 0 aliphatic rings. The molecule has 3 nitrogen and oxygen atoms in total. The fourth-order valence-corrected chi connectivity index (χ4v) is 1.76. The van der Waals surface area contributed by atoms with Crippen LogP contribution in [0.1, 0.15) is 15.9 Å². The number of hydrogen-bond donors (Lipinski definition) is 1. The van der Waals surface area contributed by atoms with Crippen LogP contribution < -0.4 is 5.32 Å². The quantitative estimate of drug-likeness (QED) is 0.909. The number of nitriles is 1. The number of nitrogens with zero attached hydrogens (tertiary/aromatic N) is 1. The van der Waals surface area contributed by atoms with E-state index in [1.807, 2.05) is 6.07 Å². The van der Waals surface area contributed by atoms with Crippen LogP contribution in [0.15, 0.2) is 42.5 Å². The van der Waals surface area contributed by atoms with E-state index in [0.29, 0.717) is 11.3 Å². The van der Waals surface area contributed by atoms with Crippen LogP contribution in [0.2, 0.25) is 5.02 Å². The predicted molar refractivity (Wildman–Crippen MR) is 70.5 cm³/mol. The first-order valence-electron chi connectivity index (χ1n) is 5.37. The lowest BCUT2D eigenvalue weighted by Gasteiger charge is -2.07. The molecule has 0 aliphatic carbocycles. The van der Waals surface area contributed by atoms with Crippen LogP contribution in [0.3, 0.4) is 0 Å². The largest absolute Gasteiger partial charge is 0.322 e. The maximum atomic E-state index is 13.2. The van der Waals surface area contributed by atoms with Crippen LogP contribution in [-0.4, -0.2) is 5.91 Å². The van der Waals surface area contributed by atoms with Gasteiger partial charge in [0.2, 0.25) is 0 Å². The van der Waals surface area contributed by atoms with Gasteiger partial charge in [0, 0.05) is 5.69 Å². The van der Waals surface area contributed by atoms with Crippen molar-refractivity contribution in [3.05, 3.63) is 64.4 Å². The van der Waals surface area contributed by atoms with Crippen molar-refractivity contribution in [3.63, 3.8) is 0 Å². The summed E-state index contributed by atoms with van der Waals surface area (Å²) in [4.78, 5) is 11.9. The summed E-state index contributed by atoms with van der Waals surface area (Å²) in [5.74, 6) is -1.18. The first-order valence-corrected chi connectivity index (χ1v) is 5.75. The number of carbonyl (C=O) groups excluding carboxylic acids is 1. The zero-order valence-corrected chi connectivity index (χ0v) is 10.4. The molecule has 19 heavy (non-hydrogen) atoms. The van der Waals surface area contributed by atoms with Gasteiger partial charge in [-0.15, -0.1) is 0 Å². The highest BCUT2D eigenvalue weighted by molar-refractivity contribution is 6.34. The Morgan fingerprint density at radius 2 is 2.00 bits per heavy atom. The van der Waals surface area contributed by atoms with E-state index in [0.717, 1.165) is 0 Å². The number of rotatable bonds is 2. The van der Waals surface area contributed by atoms with Crippen LogP contribution in [0.25, 0.3) is 0 Å². The van der Waals surface area contributed by atoms with Gasteiger partial charge in [0.25, 0.3) is 5.91 Å². The Kier molecular flexibility index (Phi) is 3.79. The van der Waals surface area contributed by atoms with Crippen molar-refractivity contribution in [1.82, 2.24) is 0 Å². The van der Waals surface area contributed by atoms with E-state index in [9.17, 15) is 9.18 Å². The number of anilines is 1. The minimum atomic E-state index is -0.653. The van der Waals surface area contributed by atoms with Crippen LogP contribution in [0, 0.1) is 17.1 Å².